The van der Waals surface area contributed by atoms with E-state index in [0.29, 0.717) is 35.7 Å². The highest BCUT2D eigenvalue weighted by atomic mass is 19.1. The Morgan fingerprint density at radius 1 is 0.829 bits per heavy atom. The zero-order chi connectivity index (χ0) is 24.5. The van der Waals surface area contributed by atoms with Gasteiger partial charge >= 0.3 is 0 Å². The number of para-hydroxylation sites is 2. The van der Waals surface area contributed by atoms with Gasteiger partial charge in [-0.2, -0.15) is 0 Å². The van der Waals surface area contributed by atoms with Gasteiger partial charge in [-0.05, 0) is 59.9 Å². The Morgan fingerprint density at radius 3 is 2.11 bits per heavy atom. The zero-order valence-corrected chi connectivity index (χ0v) is 19.9. The Balaban J connectivity index is 1.64. The first kappa shape index (κ1) is 22.8. The van der Waals surface area contributed by atoms with E-state index in [1.54, 1.807) is 33.5 Å². The number of fused-ring (bicyclic) bond motifs is 1. The second kappa shape index (κ2) is 9.33. The van der Waals surface area contributed by atoms with Crippen molar-refractivity contribution in [2.75, 3.05) is 32.0 Å². The molecule has 3 aromatic rings. The summed E-state index contributed by atoms with van der Waals surface area (Å²) < 4.78 is 30.2. The van der Waals surface area contributed by atoms with Crippen LogP contribution in [0.1, 0.15) is 35.9 Å². The van der Waals surface area contributed by atoms with Crippen LogP contribution in [0.3, 0.4) is 0 Å². The van der Waals surface area contributed by atoms with E-state index in [1.807, 2.05) is 36.4 Å². The average Bonchev–Trinajstić information content (AvgIpc) is 3.05. The van der Waals surface area contributed by atoms with Gasteiger partial charge in [0, 0.05) is 17.7 Å². The summed E-state index contributed by atoms with van der Waals surface area (Å²) in [6.07, 6.45) is 0.967. The lowest BCUT2D eigenvalue weighted by Gasteiger charge is -2.30. The van der Waals surface area contributed by atoms with Crippen molar-refractivity contribution in [3.05, 3.63) is 88.9 Å². The molecular formula is C28H27FN2O4. The van der Waals surface area contributed by atoms with E-state index < -0.39 is 6.04 Å². The summed E-state index contributed by atoms with van der Waals surface area (Å²) >= 11 is 0. The number of nitrogens with one attached hydrogen (secondary N) is 2. The van der Waals surface area contributed by atoms with Crippen LogP contribution in [0.4, 0.5) is 15.8 Å². The van der Waals surface area contributed by atoms with E-state index in [4.69, 9.17) is 14.2 Å². The lowest BCUT2D eigenvalue weighted by Crippen LogP contribution is -2.27. The van der Waals surface area contributed by atoms with Crippen LogP contribution >= 0.6 is 0 Å². The standard InChI is InChI=1S/C28H27FN2O4/c1-33-24-14-18(15-25(34-2)28(24)35-3)27-26-22(30-20-6-4-5-7-21(20)31-27)12-17(13-23(26)32)16-8-10-19(29)11-9-16/h4-11,14-15,17,27,30-31H,12-13H2,1-3H3. The molecule has 0 fully saturated rings. The number of hydrogen-bond donors (Lipinski definition) is 2. The number of anilines is 2. The molecule has 0 saturated carbocycles. The molecule has 7 heteroatoms. The summed E-state index contributed by atoms with van der Waals surface area (Å²) in [6, 6.07) is 17.6. The third kappa shape index (κ3) is 4.18. The quantitative estimate of drug-likeness (QED) is 0.485. The molecule has 1 heterocycles. The summed E-state index contributed by atoms with van der Waals surface area (Å²) in [7, 11) is 4.70. The maximum Gasteiger partial charge on any atom is 0.203 e. The molecule has 0 bridgehead atoms. The van der Waals surface area contributed by atoms with Crippen LogP contribution in [-0.2, 0) is 4.79 Å². The molecule has 2 unspecified atom stereocenters. The van der Waals surface area contributed by atoms with Crippen molar-refractivity contribution in [1.82, 2.24) is 0 Å². The minimum atomic E-state index is -0.434. The van der Waals surface area contributed by atoms with Gasteiger partial charge in [0.15, 0.2) is 17.3 Å². The summed E-state index contributed by atoms with van der Waals surface area (Å²) in [5, 5.41) is 7.08. The van der Waals surface area contributed by atoms with Gasteiger partial charge in [-0.3, -0.25) is 4.79 Å². The number of halogens is 1. The first-order chi connectivity index (χ1) is 17.0. The molecule has 0 aromatic heterocycles. The molecule has 0 saturated heterocycles. The minimum Gasteiger partial charge on any atom is -0.493 e. The molecule has 0 spiro atoms. The number of ether oxygens (including phenoxy) is 3. The monoisotopic (exact) mass is 474 g/mol. The Kier molecular flexibility index (Phi) is 6.07. The van der Waals surface area contributed by atoms with E-state index in [-0.39, 0.29) is 17.5 Å². The van der Waals surface area contributed by atoms with Crippen LogP contribution in [0.15, 0.2) is 71.9 Å². The zero-order valence-electron chi connectivity index (χ0n) is 19.9. The van der Waals surface area contributed by atoms with Crippen molar-refractivity contribution in [3.8, 4) is 17.2 Å². The summed E-state index contributed by atoms with van der Waals surface area (Å²) in [6.45, 7) is 0. The van der Waals surface area contributed by atoms with Crippen molar-refractivity contribution in [2.24, 2.45) is 0 Å². The third-order valence-electron chi connectivity index (χ3n) is 6.67. The molecule has 5 rings (SSSR count). The van der Waals surface area contributed by atoms with Gasteiger partial charge in [-0.15, -0.1) is 0 Å². The van der Waals surface area contributed by atoms with Crippen LogP contribution in [0, 0.1) is 5.82 Å². The van der Waals surface area contributed by atoms with Crippen molar-refractivity contribution in [1.29, 1.82) is 0 Å². The van der Waals surface area contributed by atoms with Gasteiger partial charge in [-0.1, -0.05) is 24.3 Å². The molecule has 1 aliphatic carbocycles. The van der Waals surface area contributed by atoms with Gasteiger partial charge in [0.25, 0.3) is 0 Å². The molecule has 0 radical (unpaired) electrons. The Hall–Kier alpha value is -4.00. The number of Topliss-reactive ketones (excluding diaryl/α,β-unsaturated/α-hetero) is 1. The molecular weight excluding hydrogens is 447 g/mol. The number of carbonyl (C=O) groups is 1. The van der Waals surface area contributed by atoms with Gasteiger partial charge < -0.3 is 24.8 Å². The van der Waals surface area contributed by atoms with E-state index >= 15 is 0 Å². The normalized spacial score (nSPS) is 19.0. The number of rotatable bonds is 5. The van der Waals surface area contributed by atoms with E-state index in [1.165, 1.54) is 12.1 Å². The molecule has 180 valence electrons. The fraction of sp³-hybridized carbons (Fsp3) is 0.250. The smallest absolute Gasteiger partial charge is 0.203 e. The van der Waals surface area contributed by atoms with Crippen LogP contribution in [0.25, 0.3) is 0 Å². The topological polar surface area (TPSA) is 68.8 Å². The number of hydrogen-bond acceptors (Lipinski definition) is 6. The predicted molar refractivity (Wildman–Crippen MR) is 133 cm³/mol. The summed E-state index contributed by atoms with van der Waals surface area (Å²) in [5.41, 5.74) is 5.07. The lowest BCUT2D eigenvalue weighted by molar-refractivity contribution is -0.116. The van der Waals surface area contributed by atoms with Crippen molar-refractivity contribution < 1.29 is 23.4 Å². The fourth-order valence-corrected chi connectivity index (χ4v) is 4.98. The van der Waals surface area contributed by atoms with Crippen molar-refractivity contribution in [2.45, 2.75) is 24.8 Å². The summed E-state index contributed by atoms with van der Waals surface area (Å²) in [4.78, 5) is 13.7. The van der Waals surface area contributed by atoms with Gasteiger partial charge in [0.1, 0.15) is 5.82 Å². The minimum absolute atomic E-state index is 0.0344. The number of carbonyl (C=O) groups excluding carboxylic acids is 1. The van der Waals surface area contributed by atoms with Crippen molar-refractivity contribution in [3.63, 3.8) is 0 Å². The Labute approximate surface area is 203 Å². The number of allylic oxidation sites excluding steroid dienone is 1. The van der Waals surface area contributed by atoms with Crippen LogP contribution < -0.4 is 24.8 Å². The van der Waals surface area contributed by atoms with Gasteiger partial charge in [0.05, 0.1) is 38.7 Å². The molecule has 1 aliphatic heterocycles. The Morgan fingerprint density at radius 2 is 1.49 bits per heavy atom. The number of methoxy groups -OCH3 is 3. The molecule has 2 atom stereocenters. The highest BCUT2D eigenvalue weighted by Gasteiger charge is 2.36. The average molecular weight is 475 g/mol. The largest absolute Gasteiger partial charge is 0.493 e. The molecule has 2 aliphatic rings. The second-order valence-corrected chi connectivity index (χ2v) is 8.68. The first-order valence-corrected chi connectivity index (χ1v) is 11.5. The van der Waals surface area contributed by atoms with E-state index in [2.05, 4.69) is 10.6 Å². The number of ketones is 1. The highest BCUT2D eigenvalue weighted by Crippen LogP contribution is 2.47. The molecule has 2 N–H and O–H groups in total. The second-order valence-electron chi connectivity index (χ2n) is 8.68. The third-order valence-corrected chi connectivity index (χ3v) is 6.67. The van der Waals surface area contributed by atoms with Crippen LogP contribution in [-0.4, -0.2) is 27.1 Å². The molecule has 3 aromatic carbocycles. The van der Waals surface area contributed by atoms with Crippen LogP contribution in [0.5, 0.6) is 17.2 Å². The highest BCUT2D eigenvalue weighted by molar-refractivity contribution is 6.01. The van der Waals surface area contributed by atoms with Crippen molar-refractivity contribution >= 4 is 17.2 Å². The molecule has 6 nitrogen and oxygen atoms in total. The Bertz CT molecular complexity index is 1280. The van der Waals surface area contributed by atoms with Gasteiger partial charge in [0.2, 0.25) is 5.75 Å². The molecule has 35 heavy (non-hydrogen) atoms. The predicted octanol–water partition coefficient (Wildman–Crippen LogP) is 5.83. The lowest BCUT2D eigenvalue weighted by atomic mass is 9.78. The SMILES string of the molecule is COc1cc(C2Nc3ccccc3NC3=C2C(=O)CC(c2ccc(F)cc2)C3)cc(OC)c1OC. The molecule has 0 amide bonds. The number of benzene rings is 3. The van der Waals surface area contributed by atoms with Gasteiger partial charge in [-0.25, -0.2) is 4.39 Å². The van der Waals surface area contributed by atoms with Crippen LogP contribution in [0.2, 0.25) is 0 Å². The van der Waals surface area contributed by atoms with E-state index in [0.717, 1.165) is 28.2 Å². The maximum atomic E-state index is 13.7. The fourth-order valence-electron chi connectivity index (χ4n) is 4.98. The first-order valence-electron chi connectivity index (χ1n) is 11.5. The maximum absolute atomic E-state index is 13.7. The summed E-state index contributed by atoms with van der Waals surface area (Å²) in [5.74, 6) is 1.23. The van der Waals surface area contributed by atoms with E-state index in [9.17, 15) is 9.18 Å².